The summed E-state index contributed by atoms with van der Waals surface area (Å²) >= 11 is 12.3. The molecule has 2 aromatic rings. The summed E-state index contributed by atoms with van der Waals surface area (Å²) in [7, 11) is 3.11. The number of rotatable bonds is 5. The van der Waals surface area contributed by atoms with Crippen molar-refractivity contribution in [3.05, 3.63) is 58.1 Å². The summed E-state index contributed by atoms with van der Waals surface area (Å²) in [4.78, 5) is 28.3. The molecule has 1 unspecified atom stereocenters. The molecular formula is C20H20Cl2N2O4. The molecule has 0 radical (unpaired) electrons. The lowest BCUT2D eigenvalue weighted by Gasteiger charge is -2.34. The molecule has 28 heavy (non-hydrogen) atoms. The number of amides is 1. The molecule has 0 fully saturated rings. The second kappa shape index (κ2) is 8.82. The molecule has 0 saturated carbocycles. The molecule has 1 heterocycles. The highest BCUT2D eigenvalue weighted by Crippen LogP contribution is 2.33. The highest BCUT2D eigenvalue weighted by molar-refractivity contribution is 6.42. The van der Waals surface area contributed by atoms with Crippen molar-refractivity contribution >= 4 is 40.8 Å². The van der Waals surface area contributed by atoms with Gasteiger partial charge in [0.05, 0.1) is 35.9 Å². The van der Waals surface area contributed by atoms with E-state index in [4.69, 9.17) is 32.7 Å². The molecule has 148 valence electrons. The number of halogens is 2. The number of benzene rings is 2. The summed E-state index contributed by atoms with van der Waals surface area (Å²) in [6.45, 7) is 0.677. The second-order valence-electron chi connectivity index (χ2n) is 6.49. The first-order valence-corrected chi connectivity index (χ1v) is 9.41. The predicted octanol–water partition coefficient (Wildman–Crippen LogP) is 3.39. The third kappa shape index (κ3) is 4.41. The van der Waals surface area contributed by atoms with E-state index in [0.29, 0.717) is 28.0 Å². The van der Waals surface area contributed by atoms with E-state index in [1.165, 1.54) is 7.11 Å². The Hall–Kier alpha value is -2.28. The SMILES string of the molecule is COC(=O)C1CN(C(=O)CN(C)Cc2cccc(Cl)c2Cl)c2ccccc2O1. The lowest BCUT2D eigenvalue weighted by atomic mass is 10.1. The summed E-state index contributed by atoms with van der Waals surface area (Å²) in [6.07, 6.45) is -0.864. The lowest BCUT2D eigenvalue weighted by Crippen LogP contribution is -2.49. The van der Waals surface area contributed by atoms with Gasteiger partial charge in [-0.1, -0.05) is 47.5 Å². The maximum Gasteiger partial charge on any atom is 0.348 e. The van der Waals surface area contributed by atoms with Crippen LogP contribution < -0.4 is 9.64 Å². The highest BCUT2D eigenvalue weighted by atomic mass is 35.5. The van der Waals surface area contributed by atoms with E-state index in [1.54, 1.807) is 29.2 Å². The quantitative estimate of drug-likeness (QED) is 0.691. The fourth-order valence-corrected chi connectivity index (χ4v) is 3.44. The summed E-state index contributed by atoms with van der Waals surface area (Å²) in [5.41, 5.74) is 1.46. The molecule has 0 bridgehead atoms. The van der Waals surface area contributed by atoms with Gasteiger partial charge in [-0.05, 0) is 30.8 Å². The van der Waals surface area contributed by atoms with Crippen LogP contribution in [0.15, 0.2) is 42.5 Å². The van der Waals surface area contributed by atoms with Gasteiger partial charge in [0, 0.05) is 6.54 Å². The number of carbonyl (C=O) groups is 2. The largest absolute Gasteiger partial charge is 0.475 e. The van der Waals surface area contributed by atoms with Crippen LogP contribution in [0.1, 0.15) is 5.56 Å². The number of fused-ring (bicyclic) bond motifs is 1. The zero-order valence-electron chi connectivity index (χ0n) is 15.5. The third-order valence-corrected chi connectivity index (χ3v) is 5.27. The number of nitrogens with zero attached hydrogens (tertiary/aromatic N) is 2. The van der Waals surface area contributed by atoms with Crippen molar-refractivity contribution in [1.82, 2.24) is 4.90 Å². The van der Waals surface area contributed by atoms with Crippen LogP contribution >= 0.6 is 23.2 Å². The van der Waals surface area contributed by atoms with Gasteiger partial charge in [0.1, 0.15) is 5.75 Å². The lowest BCUT2D eigenvalue weighted by molar-refractivity contribution is -0.148. The predicted molar refractivity (Wildman–Crippen MR) is 108 cm³/mol. The van der Waals surface area contributed by atoms with Gasteiger partial charge >= 0.3 is 5.97 Å². The highest BCUT2D eigenvalue weighted by Gasteiger charge is 2.34. The molecule has 1 atom stereocenters. The summed E-state index contributed by atoms with van der Waals surface area (Å²) in [5, 5.41) is 0.952. The van der Waals surface area contributed by atoms with Crippen molar-refractivity contribution in [2.24, 2.45) is 0 Å². The zero-order chi connectivity index (χ0) is 20.3. The Morgan fingerprint density at radius 1 is 1.21 bits per heavy atom. The van der Waals surface area contributed by atoms with E-state index in [9.17, 15) is 9.59 Å². The van der Waals surface area contributed by atoms with Gasteiger partial charge in [-0.2, -0.15) is 0 Å². The van der Waals surface area contributed by atoms with Gasteiger partial charge in [-0.15, -0.1) is 0 Å². The molecule has 0 spiro atoms. The third-order valence-electron chi connectivity index (χ3n) is 4.42. The van der Waals surface area contributed by atoms with Crippen molar-refractivity contribution in [1.29, 1.82) is 0 Å². The van der Waals surface area contributed by atoms with Crippen molar-refractivity contribution in [3.63, 3.8) is 0 Å². The van der Waals surface area contributed by atoms with Crippen LogP contribution in [0.2, 0.25) is 10.0 Å². The standard InChI is InChI=1S/C20H20Cl2N2O4/c1-23(10-13-6-5-7-14(21)19(13)22)12-18(25)24-11-17(20(26)27-2)28-16-9-4-3-8-15(16)24/h3-9,17H,10-12H2,1-2H3. The molecule has 1 aliphatic heterocycles. The van der Waals surface area contributed by atoms with Gasteiger partial charge in [0.15, 0.2) is 0 Å². The second-order valence-corrected chi connectivity index (χ2v) is 7.27. The van der Waals surface area contributed by atoms with Crippen molar-refractivity contribution in [2.45, 2.75) is 12.6 Å². The minimum Gasteiger partial charge on any atom is -0.475 e. The maximum atomic E-state index is 13.0. The van der Waals surface area contributed by atoms with Crippen LogP contribution in [0.3, 0.4) is 0 Å². The number of anilines is 1. The zero-order valence-corrected chi connectivity index (χ0v) is 17.0. The van der Waals surface area contributed by atoms with Crippen LogP contribution in [-0.4, -0.2) is 50.1 Å². The number of ether oxygens (including phenoxy) is 2. The number of hydrogen-bond donors (Lipinski definition) is 0. The van der Waals surface area contributed by atoms with Crippen LogP contribution in [0.4, 0.5) is 5.69 Å². The summed E-state index contributed by atoms with van der Waals surface area (Å²) in [5.74, 6) is -0.213. The Labute approximate surface area is 173 Å². The van der Waals surface area contributed by atoms with Crippen molar-refractivity contribution in [2.75, 3.05) is 32.1 Å². The number of para-hydroxylation sites is 2. The van der Waals surface area contributed by atoms with Crippen LogP contribution in [0.25, 0.3) is 0 Å². The monoisotopic (exact) mass is 422 g/mol. The Balaban J connectivity index is 1.75. The molecule has 2 aromatic carbocycles. The first kappa shape index (κ1) is 20.5. The van der Waals surface area contributed by atoms with Crippen LogP contribution in [-0.2, 0) is 20.9 Å². The Kier molecular flexibility index (Phi) is 6.44. The smallest absolute Gasteiger partial charge is 0.348 e. The molecule has 8 heteroatoms. The Morgan fingerprint density at radius 3 is 2.71 bits per heavy atom. The van der Waals surface area contributed by atoms with E-state index >= 15 is 0 Å². The summed E-state index contributed by atoms with van der Waals surface area (Å²) in [6, 6.07) is 12.5. The number of methoxy groups -OCH3 is 1. The summed E-state index contributed by atoms with van der Waals surface area (Å²) < 4.78 is 10.5. The molecule has 0 N–H and O–H groups in total. The maximum absolute atomic E-state index is 13.0. The van der Waals surface area contributed by atoms with Gasteiger partial charge in [0.2, 0.25) is 12.0 Å². The minimum absolute atomic E-state index is 0.0915. The fourth-order valence-electron chi connectivity index (χ4n) is 3.06. The minimum atomic E-state index is -0.864. The molecule has 0 saturated heterocycles. The van der Waals surface area contributed by atoms with E-state index in [-0.39, 0.29) is 19.0 Å². The number of esters is 1. The molecule has 3 rings (SSSR count). The van der Waals surface area contributed by atoms with Crippen LogP contribution in [0.5, 0.6) is 5.75 Å². The van der Waals surface area contributed by atoms with E-state index in [1.807, 2.05) is 30.1 Å². The molecular weight excluding hydrogens is 403 g/mol. The number of likely N-dealkylation sites (N-methyl/N-ethyl adjacent to an activating group) is 1. The van der Waals surface area contributed by atoms with Gasteiger partial charge < -0.3 is 14.4 Å². The number of hydrogen-bond acceptors (Lipinski definition) is 5. The topological polar surface area (TPSA) is 59.1 Å². The molecule has 0 aromatic heterocycles. The van der Waals surface area contributed by atoms with Crippen LogP contribution in [0, 0.1) is 0 Å². The average Bonchev–Trinajstić information content (AvgIpc) is 2.69. The first-order valence-electron chi connectivity index (χ1n) is 8.66. The van der Waals surface area contributed by atoms with Gasteiger partial charge in [-0.3, -0.25) is 9.69 Å². The van der Waals surface area contributed by atoms with E-state index in [2.05, 4.69) is 0 Å². The van der Waals surface area contributed by atoms with E-state index < -0.39 is 12.1 Å². The normalized spacial score (nSPS) is 15.8. The molecule has 0 aliphatic carbocycles. The number of carbonyl (C=O) groups excluding carboxylic acids is 2. The molecule has 1 aliphatic rings. The van der Waals surface area contributed by atoms with Crippen molar-refractivity contribution < 1.29 is 19.1 Å². The molecule has 6 nitrogen and oxygen atoms in total. The fraction of sp³-hybridized carbons (Fsp3) is 0.300. The molecule has 1 amide bonds. The average molecular weight is 423 g/mol. The Morgan fingerprint density at radius 2 is 1.96 bits per heavy atom. The van der Waals surface area contributed by atoms with Gasteiger partial charge in [0.25, 0.3) is 0 Å². The van der Waals surface area contributed by atoms with Crippen molar-refractivity contribution in [3.8, 4) is 5.75 Å². The van der Waals surface area contributed by atoms with Gasteiger partial charge in [-0.25, -0.2) is 4.79 Å². The van der Waals surface area contributed by atoms with E-state index in [0.717, 1.165) is 5.56 Å². The first-order chi connectivity index (χ1) is 13.4. The Bertz CT molecular complexity index is 890.